The molecule has 3 aromatic carbocycles. The highest BCUT2D eigenvalue weighted by molar-refractivity contribution is 6.30. The quantitative estimate of drug-likeness (QED) is 0.200. The first-order chi connectivity index (χ1) is 18.9. The Balaban J connectivity index is 1.43. The maximum atomic E-state index is 13.2. The summed E-state index contributed by atoms with van der Waals surface area (Å²) in [6, 6.07) is 20.4. The zero-order valence-electron chi connectivity index (χ0n) is 21.4. The van der Waals surface area contributed by atoms with Crippen LogP contribution in [0.4, 0.5) is 0 Å². The number of halogens is 1. The number of aliphatic carboxylic acids is 1. The van der Waals surface area contributed by atoms with E-state index in [4.69, 9.17) is 26.7 Å². The van der Waals surface area contributed by atoms with E-state index in [2.05, 4.69) is 10.3 Å². The Morgan fingerprint density at radius 1 is 0.949 bits per heavy atom. The average Bonchev–Trinajstić information content (AvgIpc) is 2.94. The molecule has 0 radical (unpaired) electrons. The van der Waals surface area contributed by atoms with Crippen LogP contribution in [0.1, 0.15) is 53.8 Å². The minimum Gasteiger partial charge on any atom is -0.481 e. The van der Waals surface area contributed by atoms with E-state index >= 15 is 0 Å². The van der Waals surface area contributed by atoms with Crippen molar-refractivity contribution < 1.29 is 14.7 Å². The molecule has 0 spiro atoms. The Kier molecular flexibility index (Phi) is 7.79. The number of hydrogen-bond donors (Lipinski definition) is 2. The first-order valence-corrected chi connectivity index (χ1v) is 13.2. The Hall–Kier alpha value is -4.36. The van der Waals surface area contributed by atoms with Gasteiger partial charge in [0.25, 0.3) is 5.91 Å². The van der Waals surface area contributed by atoms with Gasteiger partial charge in [-0.2, -0.15) is 0 Å². The number of carboxylic acids is 1. The first-order valence-electron chi connectivity index (χ1n) is 12.8. The Morgan fingerprint density at radius 3 is 2.54 bits per heavy atom. The summed E-state index contributed by atoms with van der Waals surface area (Å²) in [5, 5.41) is 14.8. The zero-order chi connectivity index (χ0) is 27.4. The average molecular weight is 539 g/mol. The predicted octanol–water partition coefficient (Wildman–Crippen LogP) is 6.79. The molecule has 8 heteroatoms. The lowest BCUT2D eigenvalue weighted by Crippen LogP contribution is -2.26. The minimum absolute atomic E-state index is 0.103. The molecule has 1 amide bonds. The summed E-state index contributed by atoms with van der Waals surface area (Å²) < 4.78 is 0. The number of benzene rings is 3. The van der Waals surface area contributed by atoms with Gasteiger partial charge in [0.2, 0.25) is 0 Å². The van der Waals surface area contributed by atoms with Gasteiger partial charge in [-0.3, -0.25) is 14.6 Å². The van der Waals surface area contributed by atoms with Crippen LogP contribution >= 0.6 is 11.6 Å². The number of carbonyl (C=O) groups excluding carboxylic acids is 1. The lowest BCUT2D eigenvalue weighted by Gasteiger charge is -2.16. The van der Waals surface area contributed by atoms with Crippen molar-refractivity contribution in [2.75, 3.05) is 0 Å². The number of unbranched alkanes of at least 4 members (excludes halogenated alkanes) is 1. The molecule has 1 atom stereocenters. The van der Waals surface area contributed by atoms with Crippen LogP contribution < -0.4 is 5.32 Å². The number of carbonyl (C=O) groups is 2. The zero-order valence-corrected chi connectivity index (χ0v) is 22.2. The second kappa shape index (κ2) is 11.6. The molecule has 0 unspecified atom stereocenters. The fourth-order valence-electron chi connectivity index (χ4n) is 4.66. The van der Waals surface area contributed by atoms with E-state index in [9.17, 15) is 9.59 Å². The number of rotatable bonds is 9. The molecule has 2 N–H and O–H groups in total. The molecule has 0 aliphatic heterocycles. The highest BCUT2D eigenvalue weighted by Gasteiger charge is 2.17. The van der Waals surface area contributed by atoms with Crippen LogP contribution in [0.5, 0.6) is 0 Å². The number of hydrogen-bond acceptors (Lipinski definition) is 5. The number of pyridine rings is 1. The summed E-state index contributed by atoms with van der Waals surface area (Å²) in [5.41, 5.74) is 5.05. The molecule has 5 rings (SSSR count). The second-order valence-corrected chi connectivity index (χ2v) is 9.91. The number of aryl methyl sites for hydroxylation is 1. The summed E-state index contributed by atoms with van der Waals surface area (Å²) >= 11 is 6.08. The van der Waals surface area contributed by atoms with Crippen LogP contribution in [0.15, 0.2) is 79.1 Å². The SMILES string of the molecule is C[C@H](NC(=O)c1ccc2nc(-c3ccc(Cl)cc3)c(CCCCC(=O)O)nc2c1)c1cncc2ccccc12. The molecule has 0 aliphatic carbocycles. The summed E-state index contributed by atoms with van der Waals surface area (Å²) in [6.07, 6.45) is 5.46. The van der Waals surface area contributed by atoms with Crippen LogP contribution in [0.25, 0.3) is 33.1 Å². The van der Waals surface area contributed by atoms with Gasteiger partial charge >= 0.3 is 5.97 Å². The van der Waals surface area contributed by atoms with Crippen molar-refractivity contribution in [3.05, 3.63) is 101 Å². The van der Waals surface area contributed by atoms with Crippen molar-refractivity contribution in [3.63, 3.8) is 0 Å². The Labute approximate surface area is 230 Å². The van der Waals surface area contributed by atoms with E-state index in [0.29, 0.717) is 40.9 Å². The normalized spacial score (nSPS) is 11.9. The van der Waals surface area contributed by atoms with Crippen molar-refractivity contribution >= 4 is 45.3 Å². The molecule has 196 valence electrons. The van der Waals surface area contributed by atoms with E-state index in [1.165, 1.54) is 0 Å². The smallest absolute Gasteiger partial charge is 0.303 e. The molecular weight excluding hydrogens is 512 g/mol. The second-order valence-electron chi connectivity index (χ2n) is 9.48. The van der Waals surface area contributed by atoms with Gasteiger partial charge in [0.05, 0.1) is 28.5 Å². The van der Waals surface area contributed by atoms with Crippen LogP contribution in [0.3, 0.4) is 0 Å². The molecule has 5 aromatic rings. The molecule has 2 aromatic heterocycles. The van der Waals surface area contributed by atoms with Crippen LogP contribution in [-0.2, 0) is 11.2 Å². The number of carboxylic acid groups (broad SMARTS) is 1. The number of amides is 1. The monoisotopic (exact) mass is 538 g/mol. The number of fused-ring (bicyclic) bond motifs is 2. The minimum atomic E-state index is -0.818. The summed E-state index contributed by atoms with van der Waals surface area (Å²) in [6.45, 7) is 1.94. The maximum absolute atomic E-state index is 13.2. The number of aromatic nitrogens is 3. The van der Waals surface area contributed by atoms with Crippen LogP contribution in [-0.4, -0.2) is 31.9 Å². The Morgan fingerprint density at radius 2 is 1.74 bits per heavy atom. The summed E-state index contributed by atoms with van der Waals surface area (Å²) in [7, 11) is 0. The van der Waals surface area contributed by atoms with Crippen molar-refractivity contribution in [1.29, 1.82) is 0 Å². The van der Waals surface area contributed by atoms with Gasteiger partial charge in [-0.1, -0.05) is 48.0 Å². The third-order valence-electron chi connectivity index (χ3n) is 6.68. The fourth-order valence-corrected chi connectivity index (χ4v) is 4.78. The summed E-state index contributed by atoms with van der Waals surface area (Å²) in [4.78, 5) is 38.3. The molecule has 0 bridgehead atoms. The van der Waals surface area contributed by atoms with Gasteiger partial charge < -0.3 is 10.4 Å². The van der Waals surface area contributed by atoms with Gasteiger partial charge in [-0.25, -0.2) is 9.97 Å². The maximum Gasteiger partial charge on any atom is 0.303 e. The van der Waals surface area contributed by atoms with E-state index < -0.39 is 5.97 Å². The van der Waals surface area contributed by atoms with Crippen LogP contribution in [0.2, 0.25) is 5.02 Å². The van der Waals surface area contributed by atoms with E-state index in [1.807, 2.05) is 49.5 Å². The lowest BCUT2D eigenvalue weighted by molar-refractivity contribution is -0.137. The van der Waals surface area contributed by atoms with Gasteiger partial charge in [0.1, 0.15) is 0 Å². The van der Waals surface area contributed by atoms with Crippen molar-refractivity contribution in [2.45, 2.75) is 38.6 Å². The van der Waals surface area contributed by atoms with E-state index in [0.717, 1.165) is 33.3 Å². The van der Waals surface area contributed by atoms with Crippen LogP contribution in [0, 0.1) is 0 Å². The van der Waals surface area contributed by atoms with Crippen molar-refractivity contribution in [1.82, 2.24) is 20.3 Å². The van der Waals surface area contributed by atoms with Gasteiger partial charge in [-0.05, 0) is 61.9 Å². The highest BCUT2D eigenvalue weighted by atomic mass is 35.5. The van der Waals surface area contributed by atoms with Gasteiger partial charge in [0.15, 0.2) is 0 Å². The van der Waals surface area contributed by atoms with Crippen molar-refractivity contribution in [2.24, 2.45) is 0 Å². The van der Waals surface area contributed by atoms with E-state index in [-0.39, 0.29) is 18.4 Å². The molecule has 0 fully saturated rings. The third-order valence-corrected chi connectivity index (χ3v) is 6.94. The predicted molar refractivity (Wildman–Crippen MR) is 153 cm³/mol. The van der Waals surface area contributed by atoms with Gasteiger partial charge in [-0.15, -0.1) is 0 Å². The third kappa shape index (κ3) is 6.04. The highest BCUT2D eigenvalue weighted by Crippen LogP contribution is 2.27. The Bertz CT molecular complexity index is 1670. The lowest BCUT2D eigenvalue weighted by atomic mass is 10.0. The summed E-state index contributed by atoms with van der Waals surface area (Å²) in [5.74, 6) is -1.04. The largest absolute Gasteiger partial charge is 0.481 e. The fraction of sp³-hybridized carbons (Fsp3) is 0.194. The molecule has 0 saturated carbocycles. The standard InChI is InChI=1S/C31H27ClN4O3/c1-19(25-18-33-17-22-6-2-3-7-24(22)25)34-31(39)21-12-15-26-28(16-21)35-27(8-4-5-9-29(37)38)30(36-26)20-10-13-23(32)14-11-20/h2-3,6-7,10-19H,4-5,8-9H2,1H3,(H,34,39)(H,37,38)/t19-/m0/s1. The molecule has 7 nitrogen and oxygen atoms in total. The van der Waals surface area contributed by atoms with E-state index in [1.54, 1.807) is 36.5 Å². The molecule has 2 heterocycles. The topological polar surface area (TPSA) is 105 Å². The van der Waals surface area contributed by atoms with Gasteiger partial charge in [0, 0.05) is 45.9 Å². The molecular formula is C31H27ClN4O3. The number of nitrogens with zero attached hydrogens (tertiary/aromatic N) is 3. The molecule has 39 heavy (non-hydrogen) atoms. The molecule has 0 saturated heterocycles. The number of nitrogens with one attached hydrogen (secondary N) is 1. The first kappa shape index (κ1) is 26.3. The van der Waals surface area contributed by atoms with Crippen molar-refractivity contribution in [3.8, 4) is 11.3 Å². The molecule has 0 aliphatic rings.